The van der Waals surface area contributed by atoms with Crippen LogP contribution in [0.3, 0.4) is 0 Å². The minimum Gasteiger partial charge on any atom is -0.377 e. The van der Waals surface area contributed by atoms with Gasteiger partial charge >= 0.3 is 0 Å². The molecular weight excluding hydrogens is 268 g/mol. The van der Waals surface area contributed by atoms with E-state index in [4.69, 9.17) is 4.74 Å². The number of hydrogen-bond acceptors (Lipinski definition) is 4. The maximum Gasteiger partial charge on any atom is 0.245 e. The Morgan fingerprint density at radius 2 is 2.29 bits per heavy atom. The predicted molar refractivity (Wildman–Crippen MR) is 80.3 cm³/mol. The number of aryl methyl sites for hydroxylation is 2. The molecule has 1 amide bonds. The van der Waals surface area contributed by atoms with E-state index in [0.29, 0.717) is 0 Å². The summed E-state index contributed by atoms with van der Waals surface area (Å²) in [4.78, 5) is 14.4. The summed E-state index contributed by atoms with van der Waals surface area (Å²) in [7, 11) is 1.88. The first kappa shape index (κ1) is 14.5. The van der Waals surface area contributed by atoms with Gasteiger partial charge in [-0.2, -0.15) is 5.10 Å². The molecule has 3 unspecified atom stereocenters. The Hall–Kier alpha value is -1.40. The zero-order chi connectivity index (χ0) is 15.0. The number of hydrogen-bond donors (Lipinski definition) is 1. The normalized spacial score (nSPS) is 27.6. The van der Waals surface area contributed by atoms with E-state index >= 15 is 0 Å². The molecule has 1 aromatic heterocycles. The molecule has 6 heteroatoms. The van der Waals surface area contributed by atoms with Crippen molar-refractivity contribution in [3.05, 3.63) is 11.8 Å². The molecular formula is C15H24N4O2. The Morgan fingerprint density at radius 1 is 1.48 bits per heavy atom. The maximum atomic E-state index is 12.6. The van der Waals surface area contributed by atoms with E-state index in [2.05, 4.69) is 17.3 Å². The van der Waals surface area contributed by atoms with Gasteiger partial charge in [0.25, 0.3) is 0 Å². The SMILES string of the molecule is Cc1cc(N2CCC(NC(C)C3CCCO3)C2=O)n(C)n1. The number of rotatable bonds is 4. The predicted octanol–water partition coefficient (Wildman–Crippen LogP) is 0.991. The quantitative estimate of drug-likeness (QED) is 0.899. The number of ether oxygens (including phenoxy) is 1. The molecule has 0 aliphatic carbocycles. The number of carbonyl (C=O) groups is 1. The Balaban J connectivity index is 1.64. The fraction of sp³-hybridized carbons (Fsp3) is 0.733. The molecule has 21 heavy (non-hydrogen) atoms. The average molecular weight is 292 g/mol. The van der Waals surface area contributed by atoms with Crippen molar-refractivity contribution in [3.8, 4) is 0 Å². The van der Waals surface area contributed by atoms with E-state index in [1.54, 1.807) is 4.68 Å². The summed E-state index contributed by atoms with van der Waals surface area (Å²) >= 11 is 0. The molecule has 116 valence electrons. The summed E-state index contributed by atoms with van der Waals surface area (Å²) in [6.45, 7) is 5.64. The van der Waals surface area contributed by atoms with Crippen molar-refractivity contribution in [1.29, 1.82) is 0 Å². The summed E-state index contributed by atoms with van der Waals surface area (Å²) in [5, 5.41) is 7.77. The fourth-order valence-electron chi connectivity index (χ4n) is 3.33. The average Bonchev–Trinajstić information content (AvgIpc) is 3.13. The van der Waals surface area contributed by atoms with E-state index < -0.39 is 0 Å². The number of nitrogens with one attached hydrogen (secondary N) is 1. The highest BCUT2D eigenvalue weighted by Crippen LogP contribution is 2.23. The molecule has 2 saturated heterocycles. The third-order valence-corrected chi connectivity index (χ3v) is 4.45. The van der Waals surface area contributed by atoms with Crippen molar-refractivity contribution >= 4 is 11.7 Å². The van der Waals surface area contributed by atoms with Crippen molar-refractivity contribution < 1.29 is 9.53 Å². The molecule has 0 spiro atoms. The van der Waals surface area contributed by atoms with Crippen molar-refractivity contribution in [2.45, 2.75) is 51.3 Å². The molecule has 0 radical (unpaired) electrons. The van der Waals surface area contributed by atoms with Crippen LogP contribution in [-0.2, 0) is 16.6 Å². The molecule has 1 N–H and O–H groups in total. The second-order valence-corrected chi connectivity index (χ2v) is 6.11. The minimum absolute atomic E-state index is 0.112. The Morgan fingerprint density at radius 3 is 2.90 bits per heavy atom. The van der Waals surface area contributed by atoms with E-state index in [-0.39, 0.29) is 24.1 Å². The van der Waals surface area contributed by atoms with Crippen LogP contribution in [0.1, 0.15) is 31.9 Å². The zero-order valence-electron chi connectivity index (χ0n) is 13.0. The lowest BCUT2D eigenvalue weighted by atomic mass is 10.1. The molecule has 2 aliphatic heterocycles. The molecule has 3 rings (SSSR count). The van der Waals surface area contributed by atoms with Gasteiger partial charge in [-0.25, -0.2) is 0 Å². The van der Waals surface area contributed by atoms with Gasteiger partial charge in [-0.3, -0.25) is 14.4 Å². The lowest BCUT2D eigenvalue weighted by Crippen LogP contribution is -2.47. The summed E-state index contributed by atoms with van der Waals surface area (Å²) < 4.78 is 7.47. The maximum absolute atomic E-state index is 12.6. The van der Waals surface area contributed by atoms with E-state index in [9.17, 15) is 4.79 Å². The summed E-state index contributed by atoms with van der Waals surface area (Å²) in [6.07, 6.45) is 3.28. The number of nitrogens with zero attached hydrogens (tertiary/aromatic N) is 3. The molecule has 3 heterocycles. The van der Waals surface area contributed by atoms with Crippen molar-refractivity contribution in [3.63, 3.8) is 0 Å². The fourth-order valence-corrected chi connectivity index (χ4v) is 3.33. The Bertz CT molecular complexity index is 522. The molecule has 3 atom stereocenters. The van der Waals surface area contributed by atoms with Gasteiger partial charge in [0.2, 0.25) is 5.91 Å². The lowest BCUT2D eigenvalue weighted by Gasteiger charge is -2.23. The van der Waals surface area contributed by atoms with Gasteiger partial charge in [-0.15, -0.1) is 0 Å². The third-order valence-electron chi connectivity index (χ3n) is 4.45. The lowest BCUT2D eigenvalue weighted by molar-refractivity contribution is -0.119. The molecule has 1 aromatic rings. The van der Waals surface area contributed by atoms with Crippen LogP contribution >= 0.6 is 0 Å². The van der Waals surface area contributed by atoms with Crippen molar-refractivity contribution in [1.82, 2.24) is 15.1 Å². The van der Waals surface area contributed by atoms with Crippen molar-refractivity contribution in [2.24, 2.45) is 7.05 Å². The molecule has 0 saturated carbocycles. The monoisotopic (exact) mass is 292 g/mol. The van der Waals surface area contributed by atoms with Crippen LogP contribution < -0.4 is 10.2 Å². The van der Waals surface area contributed by atoms with Gasteiger partial charge < -0.3 is 10.1 Å². The first-order valence-corrected chi connectivity index (χ1v) is 7.76. The third kappa shape index (κ3) is 2.82. The second-order valence-electron chi connectivity index (χ2n) is 6.11. The van der Waals surface area contributed by atoms with Crippen LogP contribution in [0.4, 0.5) is 5.82 Å². The van der Waals surface area contributed by atoms with Gasteiger partial charge in [0, 0.05) is 32.3 Å². The molecule has 2 fully saturated rings. The molecule has 0 bridgehead atoms. The zero-order valence-corrected chi connectivity index (χ0v) is 13.0. The first-order valence-electron chi connectivity index (χ1n) is 7.76. The largest absolute Gasteiger partial charge is 0.377 e. The van der Waals surface area contributed by atoms with E-state index in [0.717, 1.165) is 43.9 Å². The highest BCUT2D eigenvalue weighted by atomic mass is 16.5. The highest BCUT2D eigenvalue weighted by molar-refractivity contribution is 5.98. The second kappa shape index (κ2) is 5.77. The van der Waals surface area contributed by atoms with Crippen LogP contribution in [0.15, 0.2) is 6.07 Å². The summed E-state index contributed by atoms with van der Waals surface area (Å²) in [6, 6.07) is 2.07. The number of amides is 1. The standard InChI is InChI=1S/C15H24N4O2/c1-10-9-14(18(3)17-10)19-7-6-12(15(19)20)16-11(2)13-5-4-8-21-13/h9,11-13,16H,4-8H2,1-3H3. The van der Waals surface area contributed by atoms with Gasteiger partial charge in [-0.1, -0.05) is 0 Å². The molecule has 0 aromatic carbocycles. The summed E-state index contributed by atoms with van der Waals surface area (Å²) in [5.74, 6) is 1.02. The first-order chi connectivity index (χ1) is 10.1. The minimum atomic E-state index is -0.112. The van der Waals surface area contributed by atoms with Crippen LogP contribution in [0, 0.1) is 6.92 Å². The Kier molecular flexibility index (Phi) is 3.99. The van der Waals surface area contributed by atoms with Gasteiger partial charge in [0.05, 0.1) is 17.8 Å². The van der Waals surface area contributed by atoms with Gasteiger partial charge in [0.15, 0.2) is 0 Å². The van der Waals surface area contributed by atoms with Crippen molar-refractivity contribution in [2.75, 3.05) is 18.1 Å². The van der Waals surface area contributed by atoms with E-state index in [1.165, 1.54) is 0 Å². The van der Waals surface area contributed by atoms with E-state index in [1.807, 2.05) is 24.9 Å². The van der Waals surface area contributed by atoms with Crippen LogP contribution in [0.5, 0.6) is 0 Å². The van der Waals surface area contributed by atoms with Crippen LogP contribution in [0.25, 0.3) is 0 Å². The molecule has 6 nitrogen and oxygen atoms in total. The summed E-state index contributed by atoms with van der Waals surface area (Å²) in [5.41, 5.74) is 0.935. The highest BCUT2D eigenvalue weighted by Gasteiger charge is 2.36. The molecule has 2 aliphatic rings. The topological polar surface area (TPSA) is 59.4 Å². The number of anilines is 1. The van der Waals surface area contributed by atoms with Gasteiger partial charge in [-0.05, 0) is 33.1 Å². The number of carbonyl (C=O) groups excluding carboxylic acids is 1. The van der Waals surface area contributed by atoms with Crippen LogP contribution in [0.2, 0.25) is 0 Å². The van der Waals surface area contributed by atoms with Gasteiger partial charge in [0.1, 0.15) is 5.82 Å². The Labute approximate surface area is 125 Å². The smallest absolute Gasteiger partial charge is 0.245 e. The number of aromatic nitrogens is 2. The van der Waals surface area contributed by atoms with Crippen LogP contribution in [-0.4, -0.2) is 47.0 Å².